The molecular weight excluding hydrogens is 246 g/mol. The third-order valence-electron chi connectivity index (χ3n) is 2.84. The summed E-state index contributed by atoms with van der Waals surface area (Å²) < 4.78 is 0. The molecule has 6 heteroatoms. The van der Waals surface area contributed by atoms with Gasteiger partial charge in [-0.15, -0.1) is 0 Å². The number of H-pyrrole nitrogens is 2. The van der Waals surface area contributed by atoms with Gasteiger partial charge in [0.25, 0.3) is 5.56 Å². The van der Waals surface area contributed by atoms with Crippen LogP contribution in [0.3, 0.4) is 0 Å². The monoisotopic (exact) mass is 255 g/mol. The number of pyridine rings is 1. The smallest absolute Gasteiger partial charge is 0.354 e. The Morgan fingerprint density at radius 2 is 1.89 bits per heavy atom. The van der Waals surface area contributed by atoms with Crippen LogP contribution in [-0.4, -0.2) is 26.3 Å². The van der Waals surface area contributed by atoms with Crippen molar-refractivity contribution in [2.75, 3.05) is 0 Å². The van der Waals surface area contributed by atoms with Gasteiger partial charge in [0.1, 0.15) is 0 Å². The van der Waals surface area contributed by atoms with E-state index in [0.717, 1.165) is 5.56 Å². The van der Waals surface area contributed by atoms with Crippen molar-refractivity contribution in [3.8, 4) is 11.1 Å². The molecule has 0 amide bonds. The molecule has 0 aliphatic carbocycles. The summed E-state index contributed by atoms with van der Waals surface area (Å²) >= 11 is 0. The van der Waals surface area contributed by atoms with Crippen molar-refractivity contribution in [2.24, 2.45) is 0 Å². The number of benzene rings is 1. The SMILES string of the molecule is O=C(O)c1cc(-c2ccccc2)c2c(=O)[nH][nH]c2n1. The minimum absolute atomic E-state index is 0.110. The first-order valence-electron chi connectivity index (χ1n) is 5.57. The fourth-order valence-corrected chi connectivity index (χ4v) is 2.00. The molecule has 3 rings (SSSR count). The number of fused-ring (bicyclic) bond motifs is 1. The molecule has 0 aliphatic heterocycles. The highest BCUT2D eigenvalue weighted by Gasteiger charge is 2.15. The highest BCUT2D eigenvalue weighted by Crippen LogP contribution is 2.25. The van der Waals surface area contributed by atoms with Crippen molar-refractivity contribution < 1.29 is 9.90 Å². The van der Waals surface area contributed by atoms with Crippen molar-refractivity contribution in [3.05, 3.63) is 52.4 Å². The zero-order valence-corrected chi connectivity index (χ0v) is 9.68. The summed E-state index contributed by atoms with van der Waals surface area (Å²) in [7, 11) is 0. The number of carbonyl (C=O) groups is 1. The van der Waals surface area contributed by atoms with Gasteiger partial charge in [-0.1, -0.05) is 30.3 Å². The van der Waals surface area contributed by atoms with Gasteiger partial charge < -0.3 is 5.11 Å². The molecular formula is C13H9N3O3. The summed E-state index contributed by atoms with van der Waals surface area (Å²) in [4.78, 5) is 26.7. The van der Waals surface area contributed by atoms with Crippen molar-refractivity contribution in [3.63, 3.8) is 0 Å². The summed E-state index contributed by atoms with van der Waals surface area (Å²) in [6.07, 6.45) is 0. The van der Waals surface area contributed by atoms with E-state index in [4.69, 9.17) is 5.11 Å². The lowest BCUT2D eigenvalue weighted by molar-refractivity contribution is 0.0691. The van der Waals surface area contributed by atoms with Crippen LogP contribution in [0, 0.1) is 0 Å². The van der Waals surface area contributed by atoms with E-state index >= 15 is 0 Å². The lowest BCUT2D eigenvalue weighted by Gasteiger charge is -2.03. The van der Waals surface area contributed by atoms with E-state index in [1.807, 2.05) is 30.3 Å². The zero-order valence-electron chi connectivity index (χ0n) is 9.68. The highest BCUT2D eigenvalue weighted by molar-refractivity contribution is 5.97. The van der Waals surface area contributed by atoms with Crippen LogP contribution in [-0.2, 0) is 0 Å². The fourth-order valence-electron chi connectivity index (χ4n) is 2.00. The van der Waals surface area contributed by atoms with E-state index in [2.05, 4.69) is 15.2 Å². The molecule has 0 aliphatic rings. The maximum atomic E-state index is 11.8. The molecule has 3 aromatic rings. The van der Waals surface area contributed by atoms with Gasteiger partial charge in [0.05, 0.1) is 5.39 Å². The topological polar surface area (TPSA) is 98.8 Å². The van der Waals surface area contributed by atoms with Gasteiger partial charge in [0.2, 0.25) is 0 Å². The summed E-state index contributed by atoms with van der Waals surface area (Å²) in [5.74, 6) is -1.14. The predicted molar refractivity (Wildman–Crippen MR) is 69.1 cm³/mol. The third kappa shape index (κ3) is 1.79. The standard InChI is InChI=1S/C13H9N3O3/c17-12-10-8(7-4-2-1-3-5-7)6-9(13(18)19)14-11(10)15-16-12/h1-6H,(H,18,19)(H2,14,15,16,17). The van der Waals surface area contributed by atoms with E-state index in [-0.39, 0.29) is 16.9 Å². The minimum Gasteiger partial charge on any atom is -0.477 e. The molecule has 0 bridgehead atoms. The third-order valence-corrected chi connectivity index (χ3v) is 2.84. The van der Waals surface area contributed by atoms with Crippen molar-refractivity contribution in [1.82, 2.24) is 15.2 Å². The first kappa shape index (κ1) is 11.2. The molecule has 6 nitrogen and oxygen atoms in total. The average molecular weight is 255 g/mol. The number of aromatic nitrogens is 3. The normalized spacial score (nSPS) is 10.7. The molecule has 0 radical (unpaired) electrons. The first-order chi connectivity index (χ1) is 9.16. The quantitative estimate of drug-likeness (QED) is 0.647. The number of hydrogen-bond acceptors (Lipinski definition) is 3. The second-order valence-electron chi connectivity index (χ2n) is 4.03. The van der Waals surface area contributed by atoms with Crippen LogP contribution >= 0.6 is 0 Å². The van der Waals surface area contributed by atoms with Crippen LogP contribution in [0.15, 0.2) is 41.2 Å². The number of carboxylic acid groups (broad SMARTS) is 1. The molecule has 0 atom stereocenters. The lowest BCUT2D eigenvalue weighted by Crippen LogP contribution is -2.04. The Bertz CT molecular complexity index is 818. The molecule has 94 valence electrons. The number of aromatic carboxylic acids is 1. The molecule has 0 saturated carbocycles. The number of nitrogens with zero attached hydrogens (tertiary/aromatic N) is 1. The number of hydrogen-bond donors (Lipinski definition) is 3. The van der Waals surface area contributed by atoms with Gasteiger partial charge in [0, 0.05) is 5.56 Å². The summed E-state index contributed by atoms with van der Waals surface area (Å²) in [6.45, 7) is 0. The molecule has 0 unspecified atom stereocenters. The molecule has 2 aromatic heterocycles. The van der Waals surface area contributed by atoms with Crippen LogP contribution in [0.25, 0.3) is 22.2 Å². The molecule has 0 saturated heterocycles. The van der Waals surface area contributed by atoms with Gasteiger partial charge in [-0.05, 0) is 11.6 Å². The van der Waals surface area contributed by atoms with Crippen molar-refractivity contribution in [2.45, 2.75) is 0 Å². The predicted octanol–water partition coefficient (Wildman–Crippen LogP) is 1.62. The molecule has 0 fully saturated rings. The van der Waals surface area contributed by atoms with E-state index in [9.17, 15) is 9.59 Å². The summed E-state index contributed by atoms with van der Waals surface area (Å²) in [6, 6.07) is 10.5. The Balaban J connectivity index is 2.41. The molecule has 0 spiro atoms. The zero-order chi connectivity index (χ0) is 13.4. The number of aromatic amines is 2. The largest absolute Gasteiger partial charge is 0.477 e. The van der Waals surface area contributed by atoms with Crippen LogP contribution in [0.4, 0.5) is 0 Å². The number of carboxylic acids is 1. The molecule has 1 aromatic carbocycles. The maximum absolute atomic E-state index is 11.8. The van der Waals surface area contributed by atoms with Crippen LogP contribution in [0.2, 0.25) is 0 Å². The lowest BCUT2D eigenvalue weighted by atomic mass is 10.0. The highest BCUT2D eigenvalue weighted by atomic mass is 16.4. The van der Waals surface area contributed by atoms with E-state index in [0.29, 0.717) is 10.9 Å². The van der Waals surface area contributed by atoms with Crippen LogP contribution < -0.4 is 5.56 Å². The van der Waals surface area contributed by atoms with Crippen LogP contribution in [0.1, 0.15) is 10.5 Å². The molecule has 2 heterocycles. The molecule has 3 N–H and O–H groups in total. The van der Waals surface area contributed by atoms with Crippen LogP contribution in [0.5, 0.6) is 0 Å². The van der Waals surface area contributed by atoms with Gasteiger partial charge in [0.15, 0.2) is 11.3 Å². The second kappa shape index (κ2) is 4.09. The number of nitrogens with one attached hydrogen (secondary N) is 2. The Morgan fingerprint density at radius 3 is 2.58 bits per heavy atom. The van der Waals surface area contributed by atoms with Crippen molar-refractivity contribution in [1.29, 1.82) is 0 Å². The first-order valence-corrected chi connectivity index (χ1v) is 5.57. The second-order valence-corrected chi connectivity index (χ2v) is 4.03. The van der Waals surface area contributed by atoms with Crippen molar-refractivity contribution >= 4 is 17.0 Å². The fraction of sp³-hybridized carbons (Fsp3) is 0. The Morgan fingerprint density at radius 1 is 1.16 bits per heavy atom. The van der Waals surface area contributed by atoms with E-state index in [1.165, 1.54) is 6.07 Å². The van der Waals surface area contributed by atoms with Gasteiger partial charge in [-0.3, -0.25) is 15.0 Å². The van der Waals surface area contributed by atoms with Gasteiger partial charge >= 0.3 is 5.97 Å². The van der Waals surface area contributed by atoms with E-state index in [1.54, 1.807) is 0 Å². The summed E-state index contributed by atoms with van der Waals surface area (Å²) in [5, 5.41) is 14.4. The Hall–Kier alpha value is -2.89. The minimum atomic E-state index is -1.14. The summed E-state index contributed by atoms with van der Waals surface area (Å²) in [5.41, 5.74) is 1.12. The maximum Gasteiger partial charge on any atom is 0.354 e. The van der Waals surface area contributed by atoms with Gasteiger partial charge in [-0.25, -0.2) is 9.78 Å². The molecule has 19 heavy (non-hydrogen) atoms. The van der Waals surface area contributed by atoms with Gasteiger partial charge in [-0.2, -0.15) is 0 Å². The Kier molecular flexibility index (Phi) is 2.42. The Labute approximate surface area is 106 Å². The van der Waals surface area contributed by atoms with E-state index < -0.39 is 5.97 Å². The number of rotatable bonds is 2. The average Bonchev–Trinajstić information content (AvgIpc) is 2.80.